The van der Waals surface area contributed by atoms with E-state index in [4.69, 9.17) is 9.47 Å². The molecule has 6 nitrogen and oxygen atoms in total. The molecule has 198 valence electrons. The molecule has 1 N–H and O–H groups in total. The van der Waals surface area contributed by atoms with Crippen molar-refractivity contribution in [2.75, 3.05) is 11.5 Å². The molecular weight excluding hydrogens is 510 g/mol. The molecule has 1 atom stereocenters. The lowest BCUT2D eigenvalue weighted by atomic mass is 9.99. The Kier molecular flexibility index (Phi) is 7.79. The number of ketones is 1. The second-order valence-electron chi connectivity index (χ2n) is 9.69. The second kappa shape index (κ2) is 11.6. The van der Waals surface area contributed by atoms with Crippen LogP contribution < -0.4 is 14.4 Å². The minimum absolute atomic E-state index is 0.0489. The van der Waals surface area contributed by atoms with Gasteiger partial charge in [-0.2, -0.15) is 0 Å². The molecular formula is C32H29NO5S. The molecule has 0 bridgehead atoms. The van der Waals surface area contributed by atoms with Crippen LogP contribution in [0.25, 0.3) is 5.76 Å². The van der Waals surface area contributed by atoms with Gasteiger partial charge in [-0.15, -0.1) is 11.3 Å². The highest BCUT2D eigenvalue weighted by Gasteiger charge is 2.47. The van der Waals surface area contributed by atoms with Crippen molar-refractivity contribution in [1.82, 2.24) is 0 Å². The van der Waals surface area contributed by atoms with Crippen LogP contribution in [0.5, 0.6) is 11.5 Å². The molecule has 1 unspecified atom stereocenters. The van der Waals surface area contributed by atoms with Crippen LogP contribution in [0, 0.1) is 5.92 Å². The average Bonchev–Trinajstić information content (AvgIpc) is 3.58. The van der Waals surface area contributed by atoms with Gasteiger partial charge in [-0.3, -0.25) is 14.5 Å². The van der Waals surface area contributed by atoms with Crippen molar-refractivity contribution in [3.8, 4) is 11.5 Å². The fourth-order valence-electron chi connectivity index (χ4n) is 4.41. The molecule has 1 aliphatic rings. The van der Waals surface area contributed by atoms with E-state index in [1.807, 2.05) is 61.7 Å². The highest BCUT2D eigenvalue weighted by molar-refractivity contribution is 7.10. The van der Waals surface area contributed by atoms with Gasteiger partial charge in [0.25, 0.3) is 11.7 Å². The Hall–Kier alpha value is -4.36. The maximum absolute atomic E-state index is 13.4. The predicted molar refractivity (Wildman–Crippen MR) is 153 cm³/mol. The maximum atomic E-state index is 13.4. The van der Waals surface area contributed by atoms with E-state index in [1.54, 1.807) is 48.5 Å². The molecule has 1 saturated heterocycles. The molecule has 39 heavy (non-hydrogen) atoms. The Morgan fingerprint density at radius 2 is 1.67 bits per heavy atom. The number of amides is 1. The highest BCUT2D eigenvalue weighted by atomic mass is 32.1. The summed E-state index contributed by atoms with van der Waals surface area (Å²) in [5.74, 6) is -0.0941. The molecule has 2 heterocycles. The van der Waals surface area contributed by atoms with Crippen molar-refractivity contribution in [3.05, 3.63) is 118 Å². The van der Waals surface area contributed by atoms with E-state index in [9.17, 15) is 14.7 Å². The van der Waals surface area contributed by atoms with Gasteiger partial charge >= 0.3 is 0 Å². The zero-order chi connectivity index (χ0) is 27.4. The molecule has 0 radical (unpaired) electrons. The van der Waals surface area contributed by atoms with Crippen molar-refractivity contribution in [2.24, 2.45) is 5.92 Å². The van der Waals surface area contributed by atoms with Gasteiger partial charge in [-0.1, -0.05) is 62.4 Å². The summed E-state index contributed by atoms with van der Waals surface area (Å²) in [7, 11) is 0. The fraction of sp³-hybridized carbons (Fsp3) is 0.188. The number of aliphatic hydroxyl groups excluding tert-OH is 1. The summed E-state index contributed by atoms with van der Waals surface area (Å²) < 4.78 is 11.7. The van der Waals surface area contributed by atoms with Crippen LogP contribution in [0.3, 0.4) is 0 Å². The molecule has 0 saturated carbocycles. The number of aliphatic hydroxyl groups is 1. The number of anilines is 1. The molecule has 0 aliphatic carbocycles. The summed E-state index contributed by atoms with van der Waals surface area (Å²) in [4.78, 5) is 29.0. The van der Waals surface area contributed by atoms with Crippen molar-refractivity contribution in [1.29, 1.82) is 0 Å². The summed E-state index contributed by atoms with van der Waals surface area (Å²) >= 11 is 1.42. The smallest absolute Gasteiger partial charge is 0.300 e. The Balaban J connectivity index is 1.47. The van der Waals surface area contributed by atoms with Crippen molar-refractivity contribution in [3.63, 3.8) is 0 Å². The third-order valence-electron chi connectivity index (χ3n) is 6.31. The molecule has 0 spiro atoms. The molecule has 3 aromatic carbocycles. The first-order valence-corrected chi connectivity index (χ1v) is 13.6. The number of hydrogen-bond acceptors (Lipinski definition) is 6. The second-order valence-corrected chi connectivity index (χ2v) is 10.7. The Labute approximate surface area is 231 Å². The Morgan fingerprint density at radius 1 is 0.897 bits per heavy atom. The number of benzene rings is 3. The van der Waals surface area contributed by atoms with Gasteiger partial charge in [0.2, 0.25) is 0 Å². The lowest BCUT2D eigenvalue weighted by Crippen LogP contribution is -2.29. The van der Waals surface area contributed by atoms with Crippen molar-refractivity contribution in [2.45, 2.75) is 26.5 Å². The average molecular weight is 540 g/mol. The minimum atomic E-state index is -0.763. The van der Waals surface area contributed by atoms with Crippen LogP contribution in [-0.4, -0.2) is 23.4 Å². The molecule has 1 aromatic heterocycles. The summed E-state index contributed by atoms with van der Waals surface area (Å²) in [6.07, 6.45) is 0. The van der Waals surface area contributed by atoms with Crippen LogP contribution in [0.15, 0.2) is 102 Å². The van der Waals surface area contributed by atoms with E-state index in [2.05, 4.69) is 0 Å². The van der Waals surface area contributed by atoms with Gasteiger partial charge in [0.05, 0.1) is 12.2 Å². The standard InChI is InChI=1S/C32H29NO5S/c1-21(2)19-37-26-11-6-10-23(18-26)30(34)28-29(27-12-7-17-39-27)33(32(36)31(28)35)24-13-15-25(16-14-24)38-20-22-8-4-3-5-9-22/h3-18,21,29,34H,19-20H2,1-2H3/b30-28-. The van der Waals surface area contributed by atoms with E-state index in [0.29, 0.717) is 41.9 Å². The predicted octanol–water partition coefficient (Wildman–Crippen LogP) is 6.99. The van der Waals surface area contributed by atoms with Crippen molar-refractivity contribution < 1.29 is 24.2 Å². The summed E-state index contributed by atoms with van der Waals surface area (Å²) in [6.45, 7) is 5.04. The third-order valence-corrected chi connectivity index (χ3v) is 7.24. The summed E-state index contributed by atoms with van der Waals surface area (Å²) in [5.41, 5.74) is 2.05. The Bertz CT molecular complexity index is 1480. The Morgan fingerprint density at radius 3 is 2.36 bits per heavy atom. The first-order chi connectivity index (χ1) is 18.9. The molecule has 5 rings (SSSR count). The van der Waals surface area contributed by atoms with Crippen molar-refractivity contribution >= 4 is 34.5 Å². The highest BCUT2D eigenvalue weighted by Crippen LogP contribution is 2.44. The first-order valence-electron chi connectivity index (χ1n) is 12.8. The normalized spacial score (nSPS) is 16.6. The zero-order valence-corrected chi connectivity index (χ0v) is 22.6. The summed E-state index contributed by atoms with van der Waals surface area (Å²) in [6, 6.07) is 26.8. The number of ether oxygens (including phenoxy) is 2. The van der Waals surface area contributed by atoms with Crippen LogP contribution in [0.1, 0.15) is 35.9 Å². The SMILES string of the molecule is CC(C)COc1cccc(/C(O)=C2/C(=O)C(=O)N(c3ccc(OCc4ccccc4)cc3)C2c2cccs2)c1. The molecule has 1 fully saturated rings. The number of nitrogens with zero attached hydrogens (tertiary/aromatic N) is 1. The maximum Gasteiger partial charge on any atom is 0.300 e. The largest absolute Gasteiger partial charge is 0.507 e. The molecule has 1 aliphatic heterocycles. The van der Waals surface area contributed by atoms with E-state index in [1.165, 1.54) is 16.2 Å². The van der Waals surface area contributed by atoms with E-state index >= 15 is 0 Å². The van der Waals surface area contributed by atoms with Crippen LogP contribution in [0.4, 0.5) is 5.69 Å². The van der Waals surface area contributed by atoms with E-state index in [-0.39, 0.29) is 11.3 Å². The molecule has 4 aromatic rings. The van der Waals surface area contributed by atoms with Gasteiger partial charge in [-0.05, 0) is 59.3 Å². The van der Waals surface area contributed by atoms with Gasteiger partial charge < -0.3 is 14.6 Å². The van der Waals surface area contributed by atoms with Gasteiger partial charge in [0, 0.05) is 16.1 Å². The third kappa shape index (κ3) is 5.73. The minimum Gasteiger partial charge on any atom is -0.507 e. The van der Waals surface area contributed by atoms with Gasteiger partial charge in [0.15, 0.2) is 0 Å². The fourth-order valence-corrected chi connectivity index (χ4v) is 5.23. The lowest BCUT2D eigenvalue weighted by Gasteiger charge is -2.24. The van der Waals surface area contributed by atoms with Crippen LogP contribution >= 0.6 is 11.3 Å². The number of hydrogen-bond donors (Lipinski definition) is 1. The summed E-state index contributed by atoms with van der Waals surface area (Å²) in [5, 5.41) is 13.3. The quantitative estimate of drug-likeness (QED) is 0.141. The van der Waals surface area contributed by atoms with E-state index < -0.39 is 17.7 Å². The number of thiophene rings is 1. The zero-order valence-electron chi connectivity index (χ0n) is 21.7. The van der Waals surface area contributed by atoms with Crippen LogP contribution in [0.2, 0.25) is 0 Å². The lowest BCUT2D eigenvalue weighted by molar-refractivity contribution is -0.132. The number of rotatable bonds is 9. The first kappa shape index (κ1) is 26.3. The van der Waals surface area contributed by atoms with Crippen LogP contribution in [-0.2, 0) is 16.2 Å². The molecule has 7 heteroatoms. The van der Waals surface area contributed by atoms with Gasteiger partial charge in [0.1, 0.15) is 29.9 Å². The molecule has 1 amide bonds. The van der Waals surface area contributed by atoms with E-state index in [0.717, 1.165) is 10.4 Å². The van der Waals surface area contributed by atoms with Gasteiger partial charge in [-0.25, -0.2) is 0 Å². The number of carbonyl (C=O) groups is 2. The number of carbonyl (C=O) groups excluding carboxylic acids is 2. The number of Topliss-reactive ketones (excluding diaryl/α,β-unsaturated/α-hetero) is 1. The topological polar surface area (TPSA) is 76.1 Å². The monoisotopic (exact) mass is 539 g/mol.